The zero-order valence-corrected chi connectivity index (χ0v) is 21.3. The number of esters is 2. The van der Waals surface area contributed by atoms with Crippen LogP contribution in [0.5, 0.6) is 0 Å². The first-order chi connectivity index (χ1) is 17.5. The number of urea groups is 1. The highest BCUT2D eigenvalue weighted by Crippen LogP contribution is 2.34. The largest absolute Gasteiger partial charge is 0.469 e. The number of methoxy groups -OCH3 is 1. The van der Waals surface area contributed by atoms with Crippen LogP contribution in [-0.2, 0) is 20.7 Å². The third-order valence-electron chi connectivity index (χ3n) is 6.39. The van der Waals surface area contributed by atoms with Gasteiger partial charge in [0.15, 0.2) is 0 Å². The number of benzene rings is 2. The fourth-order valence-electron chi connectivity index (χ4n) is 4.62. The van der Waals surface area contributed by atoms with Crippen molar-refractivity contribution < 1.29 is 23.9 Å². The van der Waals surface area contributed by atoms with Crippen LogP contribution in [0, 0.1) is 0 Å². The molecule has 36 heavy (non-hydrogen) atoms. The van der Waals surface area contributed by atoms with E-state index < -0.39 is 0 Å². The van der Waals surface area contributed by atoms with Gasteiger partial charge < -0.3 is 20.1 Å². The van der Waals surface area contributed by atoms with E-state index in [4.69, 9.17) is 9.47 Å². The fourth-order valence-corrected chi connectivity index (χ4v) is 4.62. The fraction of sp³-hybridized carbons (Fsp3) is 0.464. The Morgan fingerprint density at radius 1 is 1.03 bits per heavy atom. The maximum Gasteiger partial charge on any atom is 0.338 e. The summed E-state index contributed by atoms with van der Waals surface area (Å²) in [4.78, 5) is 38.2. The van der Waals surface area contributed by atoms with Crippen molar-refractivity contribution in [1.29, 1.82) is 0 Å². The van der Waals surface area contributed by atoms with Gasteiger partial charge in [-0.2, -0.15) is 0 Å². The van der Waals surface area contributed by atoms with E-state index >= 15 is 0 Å². The molecule has 2 aromatic carbocycles. The van der Waals surface area contributed by atoms with Crippen molar-refractivity contribution in [3.05, 3.63) is 65.2 Å². The molecule has 1 aliphatic carbocycles. The highest BCUT2D eigenvalue weighted by Gasteiger charge is 2.25. The number of aryl methyl sites for hydroxylation is 1. The van der Waals surface area contributed by atoms with Crippen molar-refractivity contribution in [3.63, 3.8) is 0 Å². The van der Waals surface area contributed by atoms with Crippen molar-refractivity contribution >= 4 is 23.7 Å². The van der Waals surface area contributed by atoms with Crippen LogP contribution in [0.25, 0.3) is 0 Å². The van der Waals surface area contributed by atoms with E-state index in [1.165, 1.54) is 18.2 Å². The van der Waals surface area contributed by atoms with E-state index in [0.29, 0.717) is 36.9 Å². The summed E-state index contributed by atoms with van der Waals surface area (Å²) in [5.74, 6) is -0.571. The summed E-state index contributed by atoms with van der Waals surface area (Å²) < 4.78 is 9.77. The summed E-state index contributed by atoms with van der Waals surface area (Å²) in [6.45, 7) is 4.21. The number of hydrogen-bond acceptors (Lipinski definition) is 6. The van der Waals surface area contributed by atoms with E-state index in [9.17, 15) is 14.4 Å². The first-order valence-corrected chi connectivity index (χ1v) is 12.7. The van der Waals surface area contributed by atoms with Gasteiger partial charge in [0.05, 0.1) is 19.3 Å². The van der Waals surface area contributed by atoms with Gasteiger partial charge in [-0.3, -0.25) is 9.69 Å². The SMILES string of the molecule is CCOC(=O)c1ccc(NC(=O)NCCCN(CCCC(=O)OC)C2CCCc3ccccc32)cc1. The zero-order valence-electron chi connectivity index (χ0n) is 21.3. The van der Waals surface area contributed by atoms with Crippen LogP contribution in [0.15, 0.2) is 48.5 Å². The quantitative estimate of drug-likeness (QED) is 0.327. The summed E-state index contributed by atoms with van der Waals surface area (Å²) in [5, 5.41) is 5.70. The predicted octanol–water partition coefficient (Wildman–Crippen LogP) is 4.71. The van der Waals surface area contributed by atoms with Crippen LogP contribution in [0.4, 0.5) is 10.5 Å². The second kappa shape index (κ2) is 14.2. The van der Waals surface area contributed by atoms with Crippen molar-refractivity contribution in [1.82, 2.24) is 10.2 Å². The lowest BCUT2D eigenvalue weighted by Crippen LogP contribution is -2.36. The van der Waals surface area contributed by atoms with Crippen LogP contribution in [0.1, 0.15) is 66.6 Å². The van der Waals surface area contributed by atoms with Gasteiger partial charge in [-0.05, 0) is 81.0 Å². The molecule has 2 aromatic rings. The molecule has 8 nitrogen and oxygen atoms in total. The standard InChI is InChI=1S/C28H37N3O5/c1-3-36-27(33)22-14-16-23(17-15-22)30-28(34)29-18-8-20-31(19-7-13-26(32)35-2)25-12-6-10-21-9-4-5-11-24(21)25/h4-5,9,11,14-17,25H,3,6-8,10,12-13,18-20H2,1-2H3,(H2,29,30,34). The molecule has 0 saturated carbocycles. The summed E-state index contributed by atoms with van der Waals surface area (Å²) in [6.07, 6.45) is 5.26. The van der Waals surface area contributed by atoms with Gasteiger partial charge in [0.25, 0.3) is 0 Å². The third-order valence-corrected chi connectivity index (χ3v) is 6.39. The minimum atomic E-state index is -0.384. The number of nitrogens with one attached hydrogen (secondary N) is 2. The Labute approximate surface area is 213 Å². The Hall–Kier alpha value is -3.39. The van der Waals surface area contributed by atoms with Gasteiger partial charge in [-0.25, -0.2) is 9.59 Å². The van der Waals surface area contributed by atoms with Crippen LogP contribution in [0.3, 0.4) is 0 Å². The van der Waals surface area contributed by atoms with E-state index in [1.807, 2.05) is 0 Å². The molecule has 0 heterocycles. The van der Waals surface area contributed by atoms with Crippen molar-refractivity contribution in [3.8, 4) is 0 Å². The third kappa shape index (κ3) is 8.09. The smallest absolute Gasteiger partial charge is 0.338 e. The van der Waals surface area contributed by atoms with E-state index in [0.717, 1.165) is 45.2 Å². The molecule has 0 bridgehead atoms. The van der Waals surface area contributed by atoms with Crippen molar-refractivity contribution in [2.45, 2.75) is 51.5 Å². The van der Waals surface area contributed by atoms with Crippen LogP contribution in [-0.4, -0.2) is 56.2 Å². The molecule has 8 heteroatoms. The van der Waals surface area contributed by atoms with Gasteiger partial charge >= 0.3 is 18.0 Å². The summed E-state index contributed by atoms with van der Waals surface area (Å²) in [7, 11) is 1.42. The first-order valence-electron chi connectivity index (χ1n) is 12.7. The van der Waals surface area contributed by atoms with Crippen LogP contribution >= 0.6 is 0 Å². The van der Waals surface area contributed by atoms with Crippen LogP contribution in [0.2, 0.25) is 0 Å². The molecule has 2 N–H and O–H groups in total. The lowest BCUT2D eigenvalue weighted by Gasteiger charge is -2.36. The molecule has 2 amide bonds. The highest BCUT2D eigenvalue weighted by molar-refractivity contribution is 5.92. The molecular weight excluding hydrogens is 458 g/mol. The molecule has 0 aliphatic heterocycles. The molecule has 1 unspecified atom stereocenters. The number of rotatable bonds is 12. The second-order valence-corrected chi connectivity index (χ2v) is 8.85. The Balaban J connectivity index is 1.50. The predicted molar refractivity (Wildman–Crippen MR) is 139 cm³/mol. The van der Waals surface area contributed by atoms with Gasteiger partial charge in [0.1, 0.15) is 0 Å². The van der Waals surface area contributed by atoms with E-state index in [-0.39, 0.29) is 18.0 Å². The Kier molecular flexibility index (Phi) is 10.8. The zero-order chi connectivity index (χ0) is 25.8. The molecular formula is C28H37N3O5. The van der Waals surface area contributed by atoms with E-state index in [2.05, 4.69) is 39.8 Å². The Morgan fingerprint density at radius 2 is 1.78 bits per heavy atom. The number of carbonyl (C=O) groups is 3. The minimum absolute atomic E-state index is 0.187. The van der Waals surface area contributed by atoms with E-state index in [1.54, 1.807) is 31.2 Å². The average Bonchev–Trinajstić information content (AvgIpc) is 2.90. The van der Waals surface area contributed by atoms with Gasteiger partial charge in [0, 0.05) is 31.2 Å². The topological polar surface area (TPSA) is 97.0 Å². The minimum Gasteiger partial charge on any atom is -0.469 e. The normalized spacial score (nSPS) is 14.6. The number of hydrogen-bond donors (Lipinski definition) is 2. The molecule has 1 aliphatic rings. The number of fused-ring (bicyclic) bond motifs is 1. The first kappa shape index (κ1) is 27.2. The molecule has 0 fully saturated rings. The van der Waals surface area contributed by atoms with Gasteiger partial charge in [0.2, 0.25) is 0 Å². The number of nitrogens with zero attached hydrogens (tertiary/aromatic N) is 1. The summed E-state index contributed by atoms with van der Waals surface area (Å²) in [6, 6.07) is 15.2. The molecule has 1 atom stereocenters. The number of anilines is 1. The average molecular weight is 496 g/mol. The van der Waals surface area contributed by atoms with Gasteiger partial charge in [-0.1, -0.05) is 24.3 Å². The number of amides is 2. The molecule has 0 saturated heterocycles. The Bertz CT molecular complexity index is 1010. The summed E-state index contributed by atoms with van der Waals surface area (Å²) in [5.41, 5.74) is 3.82. The second-order valence-electron chi connectivity index (χ2n) is 8.85. The highest BCUT2D eigenvalue weighted by atomic mass is 16.5. The lowest BCUT2D eigenvalue weighted by atomic mass is 9.86. The number of carbonyl (C=O) groups excluding carboxylic acids is 3. The summed E-state index contributed by atoms with van der Waals surface area (Å²) >= 11 is 0. The molecule has 0 radical (unpaired) electrons. The maximum absolute atomic E-state index is 12.3. The lowest BCUT2D eigenvalue weighted by molar-refractivity contribution is -0.140. The Morgan fingerprint density at radius 3 is 2.53 bits per heavy atom. The van der Waals surface area contributed by atoms with Gasteiger partial charge in [-0.15, -0.1) is 0 Å². The monoisotopic (exact) mass is 495 g/mol. The maximum atomic E-state index is 12.3. The molecule has 0 spiro atoms. The molecule has 0 aromatic heterocycles. The van der Waals surface area contributed by atoms with Crippen molar-refractivity contribution in [2.75, 3.05) is 38.7 Å². The van der Waals surface area contributed by atoms with Crippen LogP contribution < -0.4 is 10.6 Å². The molecule has 3 rings (SSSR count). The van der Waals surface area contributed by atoms with Crippen molar-refractivity contribution in [2.24, 2.45) is 0 Å². The number of ether oxygens (including phenoxy) is 2. The molecule has 194 valence electrons.